The summed E-state index contributed by atoms with van der Waals surface area (Å²) in [5.41, 5.74) is -0.910. The van der Waals surface area contributed by atoms with E-state index in [-0.39, 0.29) is 6.42 Å². The lowest BCUT2D eigenvalue weighted by Crippen LogP contribution is -2.13. The third-order valence-corrected chi connectivity index (χ3v) is 3.27. The Hall–Kier alpha value is -1.59. The maximum Gasteiger partial charge on any atom is 0.416 e. The zero-order valence-electron chi connectivity index (χ0n) is 10.7. The first-order valence-corrected chi connectivity index (χ1v) is 6.44. The molecule has 2 aromatic carbocycles. The fourth-order valence-corrected chi connectivity index (χ4v) is 2.15. The summed E-state index contributed by atoms with van der Waals surface area (Å²) in [4.78, 5) is 0. The molecule has 0 spiro atoms. The highest BCUT2D eigenvalue weighted by Gasteiger charge is 2.35. The number of aliphatic hydroxyl groups is 1. The first-order valence-electron chi connectivity index (χ1n) is 6.06. The molecule has 0 heterocycles. The van der Waals surface area contributed by atoms with Crippen LogP contribution >= 0.6 is 11.6 Å². The molecule has 1 N–H and O–H groups in total. The lowest BCUT2D eigenvalue weighted by Gasteiger charge is -2.17. The highest BCUT2D eigenvalue weighted by atomic mass is 35.5. The van der Waals surface area contributed by atoms with Crippen LogP contribution in [-0.2, 0) is 12.6 Å². The van der Waals surface area contributed by atoms with Crippen LogP contribution in [0.25, 0.3) is 0 Å². The Morgan fingerprint density at radius 2 is 1.67 bits per heavy atom. The van der Waals surface area contributed by atoms with Gasteiger partial charge in [0.05, 0.1) is 11.7 Å². The Kier molecular flexibility index (Phi) is 4.54. The topological polar surface area (TPSA) is 20.2 Å². The summed E-state index contributed by atoms with van der Waals surface area (Å²) in [6.45, 7) is 0. The molecule has 0 aromatic heterocycles. The van der Waals surface area contributed by atoms with Crippen molar-refractivity contribution in [3.05, 3.63) is 70.0 Å². The lowest BCUT2D eigenvalue weighted by molar-refractivity contribution is -0.139. The number of alkyl halides is 3. The minimum absolute atomic E-state index is 0.0658. The first kappa shape index (κ1) is 15.8. The standard InChI is InChI=1S/C15H11ClF4O/c16-10-3-1-9(2-4-10)7-14(21)12-8-11(17)5-6-13(12)15(18,19)20/h1-6,8,14,21H,7H2. The van der Waals surface area contributed by atoms with E-state index in [1.165, 1.54) is 0 Å². The second kappa shape index (κ2) is 6.03. The molecule has 0 saturated carbocycles. The maximum atomic E-state index is 13.2. The van der Waals surface area contributed by atoms with E-state index in [1.807, 2.05) is 0 Å². The van der Waals surface area contributed by atoms with Crippen LogP contribution in [0, 0.1) is 5.82 Å². The van der Waals surface area contributed by atoms with E-state index in [4.69, 9.17) is 11.6 Å². The predicted octanol–water partition coefficient (Wildman–Crippen LogP) is 4.77. The third-order valence-electron chi connectivity index (χ3n) is 3.02. The molecule has 0 aliphatic heterocycles. The summed E-state index contributed by atoms with van der Waals surface area (Å²) in [7, 11) is 0. The van der Waals surface area contributed by atoms with Crippen molar-refractivity contribution in [3.8, 4) is 0 Å². The molecule has 0 fully saturated rings. The normalized spacial score (nSPS) is 13.2. The van der Waals surface area contributed by atoms with Crippen molar-refractivity contribution in [2.75, 3.05) is 0 Å². The van der Waals surface area contributed by atoms with Crippen LogP contribution in [0.3, 0.4) is 0 Å². The van der Waals surface area contributed by atoms with E-state index in [1.54, 1.807) is 24.3 Å². The quantitative estimate of drug-likeness (QED) is 0.808. The molecule has 21 heavy (non-hydrogen) atoms. The molecule has 1 nitrogen and oxygen atoms in total. The fourth-order valence-electron chi connectivity index (χ4n) is 2.02. The van der Waals surface area contributed by atoms with E-state index in [2.05, 4.69) is 0 Å². The van der Waals surface area contributed by atoms with E-state index in [0.29, 0.717) is 22.7 Å². The van der Waals surface area contributed by atoms with Crippen molar-refractivity contribution >= 4 is 11.6 Å². The van der Waals surface area contributed by atoms with Crippen molar-refractivity contribution in [1.29, 1.82) is 0 Å². The first-order chi connectivity index (χ1) is 9.77. The molecule has 2 aromatic rings. The molecular formula is C15H11ClF4O. The zero-order valence-corrected chi connectivity index (χ0v) is 11.4. The minimum atomic E-state index is -4.65. The van der Waals surface area contributed by atoms with Crippen LogP contribution < -0.4 is 0 Å². The van der Waals surface area contributed by atoms with Crippen molar-refractivity contribution in [3.63, 3.8) is 0 Å². The number of rotatable bonds is 3. The molecular weight excluding hydrogens is 308 g/mol. The van der Waals surface area contributed by atoms with Gasteiger partial charge in [-0.15, -0.1) is 0 Å². The van der Waals surface area contributed by atoms with E-state index >= 15 is 0 Å². The third kappa shape index (κ3) is 3.95. The number of hydrogen-bond donors (Lipinski definition) is 1. The zero-order chi connectivity index (χ0) is 15.6. The van der Waals surface area contributed by atoms with Crippen LogP contribution in [0.15, 0.2) is 42.5 Å². The van der Waals surface area contributed by atoms with Gasteiger partial charge in [-0.25, -0.2) is 4.39 Å². The Morgan fingerprint density at radius 1 is 1.05 bits per heavy atom. The van der Waals surface area contributed by atoms with Crippen LogP contribution in [-0.4, -0.2) is 5.11 Å². The van der Waals surface area contributed by atoms with Crippen LogP contribution in [0.4, 0.5) is 17.6 Å². The van der Waals surface area contributed by atoms with Gasteiger partial charge in [-0.2, -0.15) is 13.2 Å². The predicted molar refractivity (Wildman–Crippen MR) is 71.5 cm³/mol. The van der Waals surface area contributed by atoms with Crippen molar-refractivity contribution in [2.45, 2.75) is 18.7 Å². The number of benzene rings is 2. The lowest BCUT2D eigenvalue weighted by atomic mass is 9.96. The van der Waals surface area contributed by atoms with Gasteiger partial charge in [-0.3, -0.25) is 0 Å². The van der Waals surface area contributed by atoms with Gasteiger partial charge in [0, 0.05) is 11.4 Å². The second-order valence-corrected chi connectivity index (χ2v) is 5.01. The molecule has 2 rings (SSSR count). The summed E-state index contributed by atoms with van der Waals surface area (Å²) in [5, 5.41) is 10.5. The molecule has 1 unspecified atom stereocenters. The highest BCUT2D eigenvalue weighted by Crippen LogP contribution is 2.36. The van der Waals surface area contributed by atoms with Gasteiger partial charge in [0.15, 0.2) is 0 Å². The molecule has 0 aliphatic carbocycles. The molecule has 0 bridgehead atoms. The van der Waals surface area contributed by atoms with Crippen LogP contribution in [0.5, 0.6) is 0 Å². The van der Waals surface area contributed by atoms with E-state index in [9.17, 15) is 22.7 Å². The molecule has 6 heteroatoms. The number of hydrogen-bond acceptors (Lipinski definition) is 1. The average Bonchev–Trinajstić information content (AvgIpc) is 2.40. The van der Waals surface area contributed by atoms with Gasteiger partial charge in [-0.05, 0) is 41.5 Å². The van der Waals surface area contributed by atoms with Gasteiger partial charge in [0.25, 0.3) is 0 Å². The van der Waals surface area contributed by atoms with Crippen molar-refractivity contribution in [1.82, 2.24) is 0 Å². The Morgan fingerprint density at radius 3 is 2.24 bits per heavy atom. The summed E-state index contributed by atoms with van der Waals surface area (Å²) in [6, 6.07) is 8.40. The number of halogens is 5. The van der Waals surface area contributed by atoms with Crippen molar-refractivity contribution < 1.29 is 22.7 Å². The largest absolute Gasteiger partial charge is 0.416 e. The molecule has 1 atom stereocenters. The summed E-state index contributed by atoms with van der Waals surface area (Å²) >= 11 is 5.71. The Balaban J connectivity index is 2.32. The van der Waals surface area contributed by atoms with Crippen LogP contribution in [0.1, 0.15) is 22.8 Å². The van der Waals surface area contributed by atoms with E-state index < -0.39 is 29.2 Å². The fraction of sp³-hybridized carbons (Fsp3) is 0.200. The average molecular weight is 319 g/mol. The molecule has 0 radical (unpaired) electrons. The highest BCUT2D eigenvalue weighted by molar-refractivity contribution is 6.30. The van der Waals surface area contributed by atoms with Crippen LogP contribution in [0.2, 0.25) is 5.02 Å². The number of aliphatic hydroxyl groups excluding tert-OH is 1. The Labute approximate surface area is 123 Å². The van der Waals surface area contributed by atoms with Gasteiger partial charge in [0.1, 0.15) is 5.82 Å². The van der Waals surface area contributed by atoms with Gasteiger partial charge in [0.2, 0.25) is 0 Å². The summed E-state index contributed by atoms with van der Waals surface area (Å²) < 4.78 is 51.8. The summed E-state index contributed by atoms with van der Waals surface area (Å²) in [5.74, 6) is -0.826. The maximum absolute atomic E-state index is 13.2. The smallest absolute Gasteiger partial charge is 0.388 e. The molecule has 0 aliphatic rings. The molecule has 0 saturated heterocycles. The minimum Gasteiger partial charge on any atom is -0.388 e. The SMILES string of the molecule is OC(Cc1ccc(Cl)cc1)c1cc(F)ccc1C(F)(F)F. The summed E-state index contributed by atoms with van der Waals surface area (Å²) in [6.07, 6.45) is -6.17. The molecule has 112 valence electrons. The van der Waals surface area contributed by atoms with Gasteiger partial charge < -0.3 is 5.11 Å². The van der Waals surface area contributed by atoms with Gasteiger partial charge in [-0.1, -0.05) is 23.7 Å². The monoisotopic (exact) mass is 318 g/mol. The molecule has 0 amide bonds. The second-order valence-electron chi connectivity index (χ2n) is 4.58. The van der Waals surface area contributed by atoms with Crippen molar-refractivity contribution in [2.24, 2.45) is 0 Å². The van der Waals surface area contributed by atoms with E-state index in [0.717, 1.165) is 6.07 Å². The Bertz CT molecular complexity index is 623. The van der Waals surface area contributed by atoms with Gasteiger partial charge >= 0.3 is 6.18 Å².